The van der Waals surface area contributed by atoms with E-state index in [1.165, 1.54) is 0 Å². The molecule has 1 atom stereocenters. The van der Waals surface area contributed by atoms with Gasteiger partial charge in [-0.1, -0.05) is 43.3 Å². The van der Waals surface area contributed by atoms with Gasteiger partial charge in [-0.15, -0.1) is 0 Å². The molecule has 3 heterocycles. The number of anilines is 1. The molecular weight excluding hydrogens is 364 g/mol. The van der Waals surface area contributed by atoms with Crippen LogP contribution in [0, 0.1) is 5.92 Å². The van der Waals surface area contributed by atoms with Gasteiger partial charge < -0.3 is 10.3 Å². The van der Waals surface area contributed by atoms with Gasteiger partial charge in [-0.25, -0.2) is 9.97 Å². The fourth-order valence-corrected chi connectivity index (χ4v) is 3.20. The first-order valence-electron chi connectivity index (χ1n) is 9.42. The molecule has 1 aromatic carbocycles. The Balaban J connectivity index is 1.70. The number of rotatable bonds is 5. The molecule has 0 fully saturated rings. The highest BCUT2D eigenvalue weighted by molar-refractivity contribution is 5.58. The van der Waals surface area contributed by atoms with E-state index in [0.717, 1.165) is 22.4 Å². The van der Waals surface area contributed by atoms with E-state index in [-0.39, 0.29) is 11.9 Å². The Morgan fingerprint density at radius 3 is 2.24 bits per heavy atom. The number of hydrogen-bond acceptors (Lipinski definition) is 7. The number of pyridine rings is 1. The highest BCUT2D eigenvalue weighted by atomic mass is 16.5. The molecule has 146 valence electrons. The van der Waals surface area contributed by atoms with Gasteiger partial charge in [-0.3, -0.25) is 4.98 Å². The third kappa shape index (κ3) is 3.47. The maximum atomic E-state index is 5.56. The van der Waals surface area contributed by atoms with Crippen LogP contribution in [0.15, 0.2) is 65.6 Å². The summed E-state index contributed by atoms with van der Waals surface area (Å²) in [6.07, 6.45) is 5.18. The zero-order valence-corrected chi connectivity index (χ0v) is 16.6. The lowest BCUT2D eigenvalue weighted by molar-refractivity contribution is 0.350. The number of aromatic nitrogens is 5. The Morgan fingerprint density at radius 2 is 1.62 bits per heavy atom. The zero-order valence-electron chi connectivity index (χ0n) is 16.6. The summed E-state index contributed by atoms with van der Waals surface area (Å²) in [5.74, 6) is 1.60. The summed E-state index contributed by atoms with van der Waals surface area (Å²) in [6.45, 7) is 6.39. The van der Waals surface area contributed by atoms with Crippen LogP contribution in [0.3, 0.4) is 0 Å². The van der Waals surface area contributed by atoms with E-state index in [2.05, 4.69) is 40.9 Å². The van der Waals surface area contributed by atoms with Crippen LogP contribution < -0.4 is 5.73 Å². The molecule has 2 N–H and O–H groups in total. The molecule has 7 heteroatoms. The van der Waals surface area contributed by atoms with Gasteiger partial charge in [0.15, 0.2) is 5.82 Å². The molecule has 0 aliphatic rings. The highest BCUT2D eigenvalue weighted by Gasteiger charge is 2.38. The summed E-state index contributed by atoms with van der Waals surface area (Å²) < 4.78 is 5.56. The van der Waals surface area contributed by atoms with Gasteiger partial charge in [0.2, 0.25) is 5.95 Å². The van der Waals surface area contributed by atoms with Gasteiger partial charge in [0, 0.05) is 29.7 Å². The van der Waals surface area contributed by atoms with Crippen molar-refractivity contribution in [2.24, 2.45) is 5.92 Å². The van der Waals surface area contributed by atoms with Crippen LogP contribution in [0.25, 0.3) is 22.7 Å². The SMILES string of the molecule is CC(C)C(C)(c1ccc(-c2cnc(N)nc2)nc1)c1noc(-c2ccccc2)n1. The lowest BCUT2D eigenvalue weighted by atomic mass is 9.73. The average Bonchev–Trinajstić information content (AvgIpc) is 3.25. The third-order valence-electron chi connectivity index (χ3n) is 5.40. The predicted octanol–water partition coefficient (Wildman–Crippen LogP) is 4.13. The van der Waals surface area contributed by atoms with E-state index in [9.17, 15) is 0 Å². The number of hydrogen-bond donors (Lipinski definition) is 1. The molecule has 0 bridgehead atoms. The zero-order chi connectivity index (χ0) is 20.4. The molecule has 0 aliphatic heterocycles. The van der Waals surface area contributed by atoms with Crippen molar-refractivity contribution in [1.82, 2.24) is 25.1 Å². The van der Waals surface area contributed by atoms with Gasteiger partial charge in [0.25, 0.3) is 5.89 Å². The summed E-state index contributed by atoms with van der Waals surface area (Å²) in [5, 5.41) is 4.30. The van der Waals surface area contributed by atoms with E-state index in [1.54, 1.807) is 12.4 Å². The Bertz CT molecular complexity index is 1090. The lowest BCUT2D eigenvalue weighted by Gasteiger charge is -2.30. The molecule has 4 rings (SSSR count). The Labute approximate surface area is 169 Å². The van der Waals surface area contributed by atoms with E-state index >= 15 is 0 Å². The molecular formula is C22H22N6O. The first-order valence-corrected chi connectivity index (χ1v) is 9.42. The fraction of sp³-hybridized carbons (Fsp3) is 0.227. The number of nitrogens with two attached hydrogens (primary N) is 1. The first kappa shape index (κ1) is 18.7. The van der Waals surface area contributed by atoms with Crippen molar-refractivity contribution in [3.63, 3.8) is 0 Å². The molecule has 7 nitrogen and oxygen atoms in total. The van der Waals surface area contributed by atoms with Crippen molar-refractivity contribution in [2.75, 3.05) is 5.73 Å². The Morgan fingerprint density at radius 1 is 0.897 bits per heavy atom. The molecule has 1 unspecified atom stereocenters. The largest absolute Gasteiger partial charge is 0.368 e. The van der Waals surface area contributed by atoms with Crippen molar-refractivity contribution in [1.29, 1.82) is 0 Å². The Kier molecular flexibility index (Phi) is 4.80. The summed E-state index contributed by atoms with van der Waals surface area (Å²) in [6, 6.07) is 13.7. The number of benzene rings is 1. The van der Waals surface area contributed by atoms with Crippen molar-refractivity contribution >= 4 is 5.95 Å². The van der Waals surface area contributed by atoms with E-state index in [4.69, 9.17) is 15.2 Å². The number of nitrogens with zero attached hydrogens (tertiary/aromatic N) is 5. The minimum absolute atomic E-state index is 0.219. The van der Waals surface area contributed by atoms with Gasteiger partial charge in [-0.2, -0.15) is 4.98 Å². The van der Waals surface area contributed by atoms with Gasteiger partial charge in [0.1, 0.15) is 0 Å². The van der Waals surface area contributed by atoms with E-state index < -0.39 is 5.41 Å². The highest BCUT2D eigenvalue weighted by Crippen LogP contribution is 2.38. The van der Waals surface area contributed by atoms with Gasteiger partial charge in [0.05, 0.1) is 11.1 Å². The van der Waals surface area contributed by atoms with E-state index in [0.29, 0.717) is 11.7 Å². The van der Waals surface area contributed by atoms with Crippen LogP contribution >= 0.6 is 0 Å². The average molecular weight is 386 g/mol. The summed E-state index contributed by atoms with van der Waals surface area (Å²) >= 11 is 0. The van der Waals surface area contributed by atoms with Crippen LogP contribution in [0.4, 0.5) is 5.95 Å². The minimum atomic E-state index is -0.459. The third-order valence-corrected chi connectivity index (χ3v) is 5.40. The molecule has 29 heavy (non-hydrogen) atoms. The molecule has 0 saturated heterocycles. The second-order valence-corrected chi connectivity index (χ2v) is 7.41. The first-order chi connectivity index (χ1) is 14.0. The van der Waals surface area contributed by atoms with Crippen LogP contribution in [0.5, 0.6) is 0 Å². The summed E-state index contributed by atoms with van der Waals surface area (Å²) in [7, 11) is 0. The summed E-state index contributed by atoms with van der Waals surface area (Å²) in [4.78, 5) is 17.4. The van der Waals surface area contributed by atoms with Crippen LogP contribution in [0.1, 0.15) is 32.2 Å². The predicted molar refractivity (Wildman–Crippen MR) is 111 cm³/mol. The van der Waals surface area contributed by atoms with Crippen molar-refractivity contribution in [3.05, 3.63) is 72.4 Å². The fourth-order valence-electron chi connectivity index (χ4n) is 3.20. The standard InChI is InChI=1S/C22H22N6O/c1-14(2)22(3,20-27-19(29-28-20)15-7-5-4-6-8-15)17-9-10-18(24-13-17)16-11-25-21(23)26-12-16/h4-14H,1-3H3,(H2,23,25,26). The normalized spacial score (nSPS) is 13.4. The molecule has 4 aromatic rings. The topological polar surface area (TPSA) is 104 Å². The van der Waals surface area contributed by atoms with Gasteiger partial charge in [-0.05, 0) is 36.6 Å². The second-order valence-electron chi connectivity index (χ2n) is 7.41. The van der Waals surface area contributed by atoms with Crippen LogP contribution in [0.2, 0.25) is 0 Å². The maximum absolute atomic E-state index is 5.56. The molecule has 3 aromatic heterocycles. The molecule has 0 saturated carbocycles. The van der Waals surface area contributed by atoms with Crippen LogP contribution in [-0.4, -0.2) is 25.1 Å². The monoisotopic (exact) mass is 386 g/mol. The van der Waals surface area contributed by atoms with Crippen LogP contribution in [-0.2, 0) is 5.41 Å². The summed E-state index contributed by atoms with van der Waals surface area (Å²) in [5.41, 5.74) is 8.59. The molecule has 0 radical (unpaired) electrons. The molecule has 0 amide bonds. The quantitative estimate of drug-likeness (QED) is 0.550. The van der Waals surface area contributed by atoms with Gasteiger partial charge >= 0.3 is 0 Å². The molecule has 0 aliphatic carbocycles. The minimum Gasteiger partial charge on any atom is -0.368 e. The maximum Gasteiger partial charge on any atom is 0.257 e. The van der Waals surface area contributed by atoms with Crippen molar-refractivity contribution in [2.45, 2.75) is 26.2 Å². The van der Waals surface area contributed by atoms with Crippen molar-refractivity contribution < 1.29 is 4.52 Å². The van der Waals surface area contributed by atoms with Crippen molar-refractivity contribution in [3.8, 4) is 22.7 Å². The lowest BCUT2D eigenvalue weighted by Crippen LogP contribution is -2.31. The smallest absolute Gasteiger partial charge is 0.257 e. The van der Waals surface area contributed by atoms with E-state index in [1.807, 2.05) is 48.7 Å². The second kappa shape index (κ2) is 7.43. The molecule has 0 spiro atoms. The number of nitrogen functional groups attached to an aromatic ring is 1. The Hall–Kier alpha value is -3.61.